The van der Waals surface area contributed by atoms with Crippen LogP contribution in [0.3, 0.4) is 0 Å². The predicted octanol–water partition coefficient (Wildman–Crippen LogP) is 2.21. The van der Waals surface area contributed by atoms with Gasteiger partial charge in [0.2, 0.25) is 0 Å². The Hall–Kier alpha value is -3.75. The lowest BCUT2D eigenvalue weighted by Gasteiger charge is -2.09. The lowest BCUT2D eigenvalue weighted by molar-refractivity contribution is -0.139. The molecule has 0 aliphatic carbocycles. The van der Waals surface area contributed by atoms with Crippen molar-refractivity contribution < 1.29 is 23.5 Å². The fraction of sp³-hybridized carbons (Fsp3) is 0.238. The van der Waals surface area contributed by atoms with E-state index in [4.69, 9.17) is 4.74 Å². The number of nitrogens with zero attached hydrogens (tertiary/aromatic N) is 1. The smallest absolute Gasteiger partial charge is 0.329 e. The topological polar surface area (TPSA) is 109 Å². The van der Waals surface area contributed by atoms with Crippen molar-refractivity contribution >= 4 is 29.6 Å². The maximum atomic E-state index is 12.9. The normalized spacial score (nSPS) is 11.6. The van der Waals surface area contributed by atoms with Crippen molar-refractivity contribution in [3.63, 3.8) is 0 Å². The summed E-state index contributed by atoms with van der Waals surface area (Å²) in [5.41, 5.74) is 3.20. The largest absolute Gasteiger partial charge is 0.484 e. The van der Waals surface area contributed by atoms with Gasteiger partial charge in [0, 0.05) is 11.7 Å². The SMILES string of the molecule is CC[C@@H](C)NC(=O)C(=O)N/N=C\c1cccc(OCC(=O)Nc2ccc(F)cc2)c1. The third-order valence-electron chi connectivity index (χ3n) is 3.93. The molecule has 30 heavy (non-hydrogen) atoms. The van der Waals surface area contributed by atoms with Gasteiger partial charge >= 0.3 is 11.8 Å². The molecular weight excluding hydrogens is 391 g/mol. The van der Waals surface area contributed by atoms with Gasteiger partial charge in [0.1, 0.15) is 11.6 Å². The number of rotatable bonds is 8. The van der Waals surface area contributed by atoms with Crippen molar-refractivity contribution in [2.24, 2.45) is 5.10 Å². The fourth-order valence-electron chi connectivity index (χ4n) is 2.17. The molecule has 0 saturated carbocycles. The minimum Gasteiger partial charge on any atom is -0.484 e. The highest BCUT2D eigenvalue weighted by atomic mass is 19.1. The first-order chi connectivity index (χ1) is 14.4. The van der Waals surface area contributed by atoms with Gasteiger partial charge in [0.15, 0.2) is 6.61 Å². The number of hydrazone groups is 1. The van der Waals surface area contributed by atoms with Crippen LogP contribution in [0.25, 0.3) is 0 Å². The standard InChI is InChI=1S/C21H23FN4O4/c1-3-14(2)24-20(28)21(29)26-23-12-15-5-4-6-18(11-15)30-13-19(27)25-17-9-7-16(22)8-10-17/h4-12,14H,3,13H2,1-2H3,(H,24,28)(H,25,27)(H,26,29)/b23-12-/t14-/m1/s1. The van der Waals surface area contributed by atoms with Crippen LogP contribution >= 0.6 is 0 Å². The highest BCUT2D eigenvalue weighted by Crippen LogP contribution is 2.13. The zero-order valence-corrected chi connectivity index (χ0v) is 16.6. The number of carbonyl (C=O) groups excluding carboxylic acids is 3. The maximum Gasteiger partial charge on any atom is 0.329 e. The molecule has 0 fully saturated rings. The molecule has 2 aromatic rings. The predicted molar refractivity (Wildman–Crippen MR) is 111 cm³/mol. The molecule has 0 saturated heterocycles. The van der Waals surface area contributed by atoms with Crippen molar-refractivity contribution in [1.82, 2.24) is 10.7 Å². The summed E-state index contributed by atoms with van der Waals surface area (Å²) in [7, 11) is 0. The molecule has 3 N–H and O–H groups in total. The van der Waals surface area contributed by atoms with Crippen LogP contribution in [0.5, 0.6) is 5.75 Å². The molecule has 158 valence electrons. The van der Waals surface area contributed by atoms with E-state index in [0.29, 0.717) is 23.4 Å². The van der Waals surface area contributed by atoms with Gasteiger partial charge < -0.3 is 15.4 Å². The van der Waals surface area contributed by atoms with Gasteiger partial charge in [0.05, 0.1) is 6.21 Å². The van der Waals surface area contributed by atoms with E-state index in [1.807, 2.05) is 6.92 Å². The Morgan fingerprint density at radius 1 is 1.13 bits per heavy atom. The number of halogens is 1. The van der Waals surface area contributed by atoms with Crippen LogP contribution in [0.1, 0.15) is 25.8 Å². The van der Waals surface area contributed by atoms with Gasteiger partial charge in [-0.25, -0.2) is 9.82 Å². The van der Waals surface area contributed by atoms with E-state index < -0.39 is 23.5 Å². The minimum atomic E-state index is -0.864. The highest BCUT2D eigenvalue weighted by molar-refractivity contribution is 6.35. The van der Waals surface area contributed by atoms with Crippen LogP contribution in [0.2, 0.25) is 0 Å². The Labute approximate surface area is 173 Å². The van der Waals surface area contributed by atoms with Crippen molar-refractivity contribution in [3.8, 4) is 5.75 Å². The molecule has 9 heteroatoms. The van der Waals surface area contributed by atoms with Gasteiger partial charge in [-0.05, 0) is 55.3 Å². The Morgan fingerprint density at radius 3 is 2.57 bits per heavy atom. The third-order valence-corrected chi connectivity index (χ3v) is 3.93. The number of hydrogen-bond donors (Lipinski definition) is 3. The van der Waals surface area contributed by atoms with Gasteiger partial charge in [-0.2, -0.15) is 5.10 Å². The Balaban J connectivity index is 1.83. The number of carbonyl (C=O) groups is 3. The number of nitrogens with one attached hydrogen (secondary N) is 3. The minimum absolute atomic E-state index is 0.110. The molecule has 0 radical (unpaired) electrons. The van der Waals surface area contributed by atoms with Crippen molar-refractivity contribution in [2.45, 2.75) is 26.3 Å². The van der Waals surface area contributed by atoms with Crippen LogP contribution in [-0.2, 0) is 14.4 Å². The zero-order chi connectivity index (χ0) is 21.9. The van der Waals surface area contributed by atoms with Crippen LogP contribution in [0, 0.1) is 5.82 Å². The summed E-state index contributed by atoms with van der Waals surface area (Å²) in [5, 5.41) is 8.86. The molecule has 0 heterocycles. The first kappa shape index (κ1) is 22.5. The number of ether oxygens (including phenoxy) is 1. The molecule has 0 unspecified atom stereocenters. The van der Waals surface area contributed by atoms with Crippen LogP contribution < -0.4 is 20.8 Å². The van der Waals surface area contributed by atoms with Crippen molar-refractivity contribution in [3.05, 3.63) is 59.9 Å². The molecule has 0 spiro atoms. The van der Waals surface area contributed by atoms with Gasteiger partial charge in [-0.3, -0.25) is 14.4 Å². The Kier molecular flexibility index (Phi) is 8.49. The average molecular weight is 414 g/mol. The molecular formula is C21H23FN4O4. The molecule has 0 aliphatic rings. The number of benzene rings is 2. The molecule has 0 aromatic heterocycles. The summed E-state index contributed by atoms with van der Waals surface area (Å²) >= 11 is 0. The molecule has 3 amide bonds. The monoisotopic (exact) mass is 414 g/mol. The molecule has 0 bridgehead atoms. The summed E-state index contributed by atoms with van der Waals surface area (Å²) in [6.07, 6.45) is 2.05. The first-order valence-corrected chi connectivity index (χ1v) is 9.29. The third kappa shape index (κ3) is 7.70. The van der Waals surface area contributed by atoms with E-state index in [1.165, 1.54) is 30.5 Å². The molecule has 2 rings (SSSR count). The summed E-state index contributed by atoms with van der Waals surface area (Å²) < 4.78 is 18.3. The van der Waals surface area contributed by atoms with E-state index in [2.05, 4.69) is 21.2 Å². The quantitative estimate of drug-likeness (QED) is 0.350. The van der Waals surface area contributed by atoms with Crippen molar-refractivity contribution in [2.75, 3.05) is 11.9 Å². The summed E-state index contributed by atoms with van der Waals surface area (Å²) in [5.74, 6) is -2.01. The van der Waals surface area contributed by atoms with E-state index in [0.717, 1.165) is 0 Å². The molecule has 0 aliphatic heterocycles. The molecule has 8 nitrogen and oxygen atoms in total. The number of anilines is 1. The van der Waals surface area contributed by atoms with Gasteiger partial charge in [0.25, 0.3) is 5.91 Å². The maximum absolute atomic E-state index is 12.9. The van der Waals surface area contributed by atoms with Gasteiger partial charge in [-0.1, -0.05) is 19.1 Å². The first-order valence-electron chi connectivity index (χ1n) is 9.29. The van der Waals surface area contributed by atoms with Crippen LogP contribution in [0.4, 0.5) is 10.1 Å². The lowest BCUT2D eigenvalue weighted by Crippen LogP contribution is -2.41. The second-order valence-electron chi connectivity index (χ2n) is 6.40. The second-order valence-corrected chi connectivity index (χ2v) is 6.40. The number of amides is 3. The van der Waals surface area contributed by atoms with E-state index in [-0.39, 0.29) is 12.6 Å². The average Bonchev–Trinajstić information content (AvgIpc) is 2.74. The van der Waals surface area contributed by atoms with Gasteiger partial charge in [-0.15, -0.1) is 0 Å². The Morgan fingerprint density at radius 2 is 1.87 bits per heavy atom. The summed E-state index contributed by atoms with van der Waals surface area (Å²) in [6, 6.07) is 11.9. The lowest BCUT2D eigenvalue weighted by atomic mass is 10.2. The highest BCUT2D eigenvalue weighted by Gasteiger charge is 2.14. The summed E-state index contributed by atoms with van der Waals surface area (Å²) in [6.45, 7) is 3.44. The van der Waals surface area contributed by atoms with Crippen molar-refractivity contribution in [1.29, 1.82) is 0 Å². The van der Waals surface area contributed by atoms with Crippen LogP contribution in [0.15, 0.2) is 53.6 Å². The van der Waals surface area contributed by atoms with E-state index in [9.17, 15) is 18.8 Å². The Bertz CT molecular complexity index is 915. The zero-order valence-electron chi connectivity index (χ0n) is 16.6. The van der Waals surface area contributed by atoms with E-state index in [1.54, 1.807) is 31.2 Å². The summed E-state index contributed by atoms with van der Waals surface area (Å²) in [4.78, 5) is 35.2. The number of hydrogen-bond acceptors (Lipinski definition) is 5. The van der Waals surface area contributed by atoms with Crippen LogP contribution in [-0.4, -0.2) is 36.6 Å². The second kappa shape index (κ2) is 11.3. The molecule has 1 atom stereocenters. The molecule has 2 aromatic carbocycles. The van der Waals surface area contributed by atoms with E-state index >= 15 is 0 Å². The fourth-order valence-corrected chi connectivity index (χ4v) is 2.17.